The van der Waals surface area contributed by atoms with Crippen LogP contribution in [-0.2, 0) is 6.54 Å². The van der Waals surface area contributed by atoms with Crippen molar-refractivity contribution in [2.24, 2.45) is 5.73 Å². The van der Waals surface area contributed by atoms with Crippen molar-refractivity contribution in [3.05, 3.63) is 22.2 Å². The van der Waals surface area contributed by atoms with Crippen molar-refractivity contribution in [3.63, 3.8) is 0 Å². The number of rotatable bonds is 2. The number of benzene rings is 1. The van der Waals surface area contributed by atoms with Gasteiger partial charge >= 0.3 is 0 Å². The standard InChI is InChI=1S/C12H16ClNO2/c1-7(2)10-8(6-14)5-9(13)11-12(10)16-4-3-15-11/h5,7H,3-4,6,14H2,1-2H3. The second-order valence-corrected chi connectivity index (χ2v) is 4.55. The van der Waals surface area contributed by atoms with Crippen molar-refractivity contribution in [1.29, 1.82) is 0 Å². The zero-order valence-electron chi connectivity index (χ0n) is 9.55. The molecule has 0 unspecified atom stereocenters. The molecule has 1 aliphatic rings. The average molecular weight is 242 g/mol. The van der Waals surface area contributed by atoms with Gasteiger partial charge in [0.05, 0.1) is 5.02 Å². The zero-order valence-corrected chi connectivity index (χ0v) is 10.3. The number of hydrogen-bond acceptors (Lipinski definition) is 3. The maximum atomic E-state index is 6.14. The van der Waals surface area contributed by atoms with Gasteiger partial charge in [0.1, 0.15) is 13.2 Å². The molecule has 0 aromatic heterocycles. The van der Waals surface area contributed by atoms with Crippen molar-refractivity contribution in [2.45, 2.75) is 26.3 Å². The van der Waals surface area contributed by atoms with Crippen LogP contribution in [0.5, 0.6) is 11.5 Å². The summed E-state index contributed by atoms with van der Waals surface area (Å²) in [6.07, 6.45) is 0. The van der Waals surface area contributed by atoms with E-state index in [-0.39, 0.29) is 0 Å². The first-order valence-electron chi connectivity index (χ1n) is 5.46. The zero-order chi connectivity index (χ0) is 11.7. The van der Waals surface area contributed by atoms with Crippen molar-refractivity contribution < 1.29 is 9.47 Å². The molecular weight excluding hydrogens is 226 g/mol. The van der Waals surface area contributed by atoms with Crippen molar-refractivity contribution in [1.82, 2.24) is 0 Å². The Bertz CT molecular complexity index is 404. The first kappa shape index (κ1) is 11.6. The van der Waals surface area contributed by atoms with Crippen LogP contribution in [-0.4, -0.2) is 13.2 Å². The fraction of sp³-hybridized carbons (Fsp3) is 0.500. The van der Waals surface area contributed by atoms with E-state index in [1.165, 1.54) is 0 Å². The summed E-state index contributed by atoms with van der Waals surface area (Å²) in [5.41, 5.74) is 7.88. The van der Waals surface area contributed by atoms with E-state index in [0.717, 1.165) is 16.9 Å². The van der Waals surface area contributed by atoms with Gasteiger partial charge in [-0.25, -0.2) is 0 Å². The van der Waals surface area contributed by atoms with Gasteiger partial charge in [-0.05, 0) is 17.5 Å². The minimum Gasteiger partial charge on any atom is -0.486 e. The molecular formula is C12H16ClNO2. The highest BCUT2D eigenvalue weighted by atomic mass is 35.5. The molecule has 0 saturated carbocycles. The van der Waals surface area contributed by atoms with E-state index in [9.17, 15) is 0 Å². The molecule has 88 valence electrons. The summed E-state index contributed by atoms with van der Waals surface area (Å²) in [4.78, 5) is 0. The van der Waals surface area contributed by atoms with E-state index in [0.29, 0.717) is 36.4 Å². The summed E-state index contributed by atoms with van der Waals surface area (Å²) in [5, 5.41) is 0.583. The van der Waals surface area contributed by atoms with E-state index in [1.807, 2.05) is 6.07 Å². The van der Waals surface area contributed by atoms with E-state index in [1.54, 1.807) is 0 Å². The lowest BCUT2D eigenvalue weighted by Gasteiger charge is -2.25. The van der Waals surface area contributed by atoms with Gasteiger partial charge in [0.15, 0.2) is 11.5 Å². The van der Waals surface area contributed by atoms with Crippen LogP contribution in [0.4, 0.5) is 0 Å². The quantitative estimate of drug-likeness (QED) is 0.866. The molecule has 16 heavy (non-hydrogen) atoms. The van der Waals surface area contributed by atoms with Crippen LogP contribution in [0.15, 0.2) is 6.07 Å². The van der Waals surface area contributed by atoms with Crippen molar-refractivity contribution in [2.75, 3.05) is 13.2 Å². The van der Waals surface area contributed by atoms with Gasteiger partial charge in [-0.2, -0.15) is 0 Å². The minimum absolute atomic E-state index is 0.339. The molecule has 2 N–H and O–H groups in total. The highest BCUT2D eigenvalue weighted by Gasteiger charge is 2.23. The normalized spacial score (nSPS) is 14.3. The Hall–Kier alpha value is -0.930. The lowest BCUT2D eigenvalue weighted by Crippen LogP contribution is -2.18. The molecule has 0 bridgehead atoms. The molecule has 1 heterocycles. The van der Waals surface area contributed by atoms with Crippen LogP contribution in [0.25, 0.3) is 0 Å². The molecule has 0 aliphatic carbocycles. The van der Waals surface area contributed by atoms with Gasteiger partial charge in [0.25, 0.3) is 0 Å². The fourth-order valence-corrected chi connectivity index (χ4v) is 2.31. The Kier molecular flexibility index (Phi) is 3.26. The molecule has 0 amide bonds. The minimum atomic E-state index is 0.339. The molecule has 1 aromatic carbocycles. The summed E-state index contributed by atoms with van der Waals surface area (Å²) < 4.78 is 11.2. The molecule has 0 atom stereocenters. The van der Waals surface area contributed by atoms with E-state index in [2.05, 4.69) is 13.8 Å². The average Bonchev–Trinajstić information content (AvgIpc) is 2.28. The van der Waals surface area contributed by atoms with Crippen LogP contribution < -0.4 is 15.2 Å². The molecule has 0 fully saturated rings. The van der Waals surface area contributed by atoms with Crippen LogP contribution in [0.3, 0.4) is 0 Å². The second-order valence-electron chi connectivity index (χ2n) is 4.15. The number of nitrogens with two attached hydrogens (primary N) is 1. The number of halogens is 1. The number of fused-ring (bicyclic) bond motifs is 1. The molecule has 0 radical (unpaired) electrons. The maximum Gasteiger partial charge on any atom is 0.180 e. The highest BCUT2D eigenvalue weighted by molar-refractivity contribution is 6.32. The Balaban J connectivity index is 2.63. The summed E-state index contributed by atoms with van der Waals surface area (Å²) in [7, 11) is 0. The van der Waals surface area contributed by atoms with Gasteiger partial charge in [-0.1, -0.05) is 25.4 Å². The third-order valence-electron chi connectivity index (χ3n) is 2.69. The third-order valence-corrected chi connectivity index (χ3v) is 2.97. The number of ether oxygens (including phenoxy) is 2. The Morgan fingerprint density at radius 1 is 1.31 bits per heavy atom. The van der Waals surface area contributed by atoms with Gasteiger partial charge in [0, 0.05) is 12.1 Å². The van der Waals surface area contributed by atoms with Crippen molar-refractivity contribution in [3.8, 4) is 11.5 Å². The topological polar surface area (TPSA) is 44.5 Å². The fourth-order valence-electron chi connectivity index (χ4n) is 2.04. The molecule has 2 rings (SSSR count). The largest absolute Gasteiger partial charge is 0.486 e. The molecule has 0 spiro atoms. The van der Waals surface area contributed by atoms with Crippen LogP contribution in [0, 0.1) is 0 Å². The molecule has 4 heteroatoms. The second kappa shape index (κ2) is 4.52. The smallest absolute Gasteiger partial charge is 0.180 e. The summed E-state index contributed by atoms with van der Waals surface area (Å²) in [6.45, 7) is 5.80. The summed E-state index contributed by atoms with van der Waals surface area (Å²) in [6, 6.07) is 1.88. The van der Waals surface area contributed by atoms with Crippen LogP contribution >= 0.6 is 11.6 Å². The Morgan fingerprint density at radius 3 is 2.50 bits per heavy atom. The molecule has 3 nitrogen and oxygen atoms in total. The van der Waals surface area contributed by atoms with Gasteiger partial charge in [0.2, 0.25) is 0 Å². The highest BCUT2D eigenvalue weighted by Crippen LogP contribution is 2.44. The molecule has 1 aromatic rings. The van der Waals surface area contributed by atoms with Gasteiger partial charge in [-0.3, -0.25) is 0 Å². The van der Waals surface area contributed by atoms with E-state index >= 15 is 0 Å². The lowest BCUT2D eigenvalue weighted by molar-refractivity contribution is 0.169. The van der Waals surface area contributed by atoms with Gasteiger partial charge in [-0.15, -0.1) is 0 Å². The van der Waals surface area contributed by atoms with Crippen LogP contribution in [0.1, 0.15) is 30.9 Å². The molecule has 1 aliphatic heterocycles. The first-order valence-corrected chi connectivity index (χ1v) is 5.84. The van der Waals surface area contributed by atoms with Crippen LogP contribution in [0.2, 0.25) is 5.02 Å². The Labute approximate surface area is 100 Å². The monoisotopic (exact) mass is 241 g/mol. The van der Waals surface area contributed by atoms with Crippen molar-refractivity contribution >= 4 is 11.6 Å². The lowest BCUT2D eigenvalue weighted by atomic mass is 9.95. The third kappa shape index (κ3) is 1.85. The molecule has 0 saturated heterocycles. The summed E-state index contributed by atoms with van der Waals surface area (Å²) in [5.74, 6) is 1.77. The predicted molar refractivity (Wildman–Crippen MR) is 64.4 cm³/mol. The maximum absolute atomic E-state index is 6.14. The van der Waals surface area contributed by atoms with E-state index in [4.69, 9.17) is 26.8 Å². The van der Waals surface area contributed by atoms with Gasteiger partial charge < -0.3 is 15.2 Å². The summed E-state index contributed by atoms with van der Waals surface area (Å²) >= 11 is 6.14. The van der Waals surface area contributed by atoms with E-state index < -0.39 is 0 Å². The number of hydrogen-bond donors (Lipinski definition) is 1. The first-order chi connectivity index (χ1) is 7.65. The predicted octanol–water partition coefficient (Wildman–Crippen LogP) is 2.69. The SMILES string of the molecule is CC(C)c1c(CN)cc(Cl)c2c1OCCO2. The Morgan fingerprint density at radius 2 is 1.94 bits per heavy atom.